The molecule has 0 radical (unpaired) electrons. The Morgan fingerprint density at radius 1 is 1.23 bits per heavy atom. The number of piperidine rings is 1. The molecule has 6 nitrogen and oxygen atoms in total. The van der Waals surface area contributed by atoms with Crippen LogP contribution in [0.25, 0.3) is 11.1 Å². The number of hydrogen-bond donors (Lipinski definition) is 1. The largest absolute Gasteiger partial charge is 0.423 e. The molecule has 0 spiro atoms. The highest BCUT2D eigenvalue weighted by Gasteiger charge is 2.28. The number of carbonyl (C=O) groups is 1. The van der Waals surface area contributed by atoms with Gasteiger partial charge in [0.05, 0.1) is 6.04 Å². The van der Waals surface area contributed by atoms with Gasteiger partial charge in [0, 0.05) is 25.6 Å². The molecule has 0 aliphatic carbocycles. The lowest BCUT2D eigenvalue weighted by Crippen LogP contribution is -2.42. The number of nitrogens with zero attached hydrogens (tertiary/aromatic N) is 3. The molecule has 2 heterocycles. The first-order chi connectivity index (χ1) is 14.5. The molecule has 1 atom stereocenters. The standard InChI is InChI=1S/C23H27FN4O2/c1-27(2)20(17-6-5-7-18(24)14-17)15-25-22(29)16-10-12-28(13-11-16)23-26-19-8-3-4-9-21(19)30-23/h3-9,14,16,20H,10-13,15H2,1-2H3,(H,25,29)/t20-/m0/s1. The van der Waals surface area contributed by atoms with Gasteiger partial charge in [-0.05, 0) is 56.8 Å². The fourth-order valence-electron chi connectivity index (χ4n) is 3.98. The Kier molecular flexibility index (Phi) is 5.99. The van der Waals surface area contributed by atoms with Crippen molar-refractivity contribution in [1.82, 2.24) is 15.2 Å². The molecule has 1 aromatic heterocycles. The number of carbonyl (C=O) groups excluding carboxylic acids is 1. The van der Waals surface area contributed by atoms with Gasteiger partial charge in [0.15, 0.2) is 5.58 Å². The molecule has 1 saturated heterocycles. The van der Waals surface area contributed by atoms with E-state index in [0.717, 1.165) is 42.6 Å². The Bertz CT molecular complexity index is 978. The number of halogens is 1. The van der Waals surface area contributed by atoms with Gasteiger partial charge in [0.1, 0.15) is 11.3 Å². The van der Waals surface area contributed by atoms with Crippen molar-refractivity contribution < 1.29 is 13.6 Å². The Labute approximate surface area is 175 Å². The van der Waals surface area contributed by atoms with Gasteiger partial charge < -0.3 is 19.5 Å². The smallest absolute Gasteiger partial charge is 0.298 e. The van der Waals surface area contributed by atoms with E-state index in [1.165, 1.54) is 12.1 Å². The van der Waals surface area contributed by atoms with E-state index in [4.69, 9.17) is 4.42 Å². The van der Waals surface area contributed by atoms with E-state index in [1.54, 1.807) is 6.07 Å². The van der Waals surface area contributed by atoms with Crippen LogP contribution in [0.15, 0.2) is 52.9 Å². The lowest BCUT2D eigenvalue weighted by molar-refractivity contribution is -0.125. The average Bonchev–Trinajstić information content (AvgIpc) is 3.18. The average molecular weight is 410 g/mol. The zero-order chi connectivity index (χ0) is 21.1. The van der Waals surface area contributed by atoms with E-state index in [0.29, 0.717) is 12.6 Å². The number of hydrogen-bond acceptors (Lipinski definition) is 5. The molecule has 0 unspecified atom stereocenters. The summed E-state index contributed by atoms with van der Waals surface area (Å²) in [7, 11) is 3.86. The molecule has 158 valence electrons. The molecule has 1 amide bonds. The zero-order valence-corrected chi connectivity index (χ0v) is 17.3. The normalized spacial score (nSPS) is 16.2. The molecule has 1 N–H and O–H groups in total. The highest BCUT2D eigenvalue weighted by Crippen LogP contribution is 2.26. The SMILES string of the molecule is CN(C)[C@@H](CNC(=O)C1CCN(c2nc3ccccc3o2)CC1)c1cccc(F)c1. The van der Waals surface area contributed by atoms with Crippen molar-refractivity contribution in [3.8, 4) is 0 Å². The van der Waals surface area contributed by atoms with Crippen LogP contribution in [-0.4, -0.2) is 49.5 Å². The highest BCUT2D eigenvalue weighted by atomic mass is 19.1. The van der Waals surface area contributed by atoms with Gasteiger partial charge in [-0.25, -0.2) is 4.39 Å². The van der Waals surface area contributed by atoms with Crippen LogP contribution >= 0.6 is 0 Å². The van der Waals surface area contributed by atoms with Crippen LogP contribution in [0.1, 0.15) is 24.4 Å². The van der Waals surface area contributed by atoms with Crippen molar-refractivity contribution in [2.24, 2.45) is 5.92 Å². The zero-order valence-electron chi connectivity index (χ0n) is 17.3. The maximum atomic E-state index is 13.6. The van der Waals surface area contributed by atoms with E-state index in [1.807, 2.05) is 49.3 Å². The molecule has 30 heavy (non-hydrogen) atoms. The maximum absolute atomic E-state index is 13.6. The molecule has 1 aliphatic heterocycles. The Morgan fingerprint density at radius 3 is 2.70 bits per heavy atom. The fraction of sp³-hybridized carbons (Fsp3) is 0.391. The van der Waals surface area contributed by atoms with Crippen LogP contribution in [0, 0.1) is 11.7 Å². The Morgan fingerprint density at radius 2 is 2.00 bits per heavy atom. The predicted molar refractivity (Wildman–Crippen MR) is 115 cm³/mol. The van der Waals surface area contributed by atoms with Gasteiger partial charge in [0.25, 0.3) is 6.01 Å². The summed E-state index contributed by atoms with van der Waals surface area (Å²) in [6, 6.07) is 14.8. The summed E-state index contributed by atoms with van der Waals surface area (Å²) in [6.45, 7) is 1.90. The fourth-order valence-corrected chi connectivity index (χ4v) is 3.98. The van der Waals surface area contributed by atoms with E-state index in [2.05, 4.69) is 15.2 Å². The lowest BCUT2D eigenvalue weighted by Gasteiger charge is -2.31. The summed E-state index contributed by atoms with van der Waals surface area (Å²) in [6.07, 6.45) is 1.49. The topological polar surface area (TPSA) is 61.6 Å². The van der Waals surface area contributed by atoms with Crippen LogP contribution < -0.4 is 10.2 Å². The molecule has 4 rings (SSSR count). The molecular formula is C23H27FN4O2. The number of benzene rings is 2. The minimum atomic E-state index is -0.266. The van der Waals surface area contributed by atoms with Gasteiger partial charge in [-0.3, -0.25) is 4.79 Å². The number of para-hydroxylation sites is 2. The van der Waals surface area contributed by atoms with Crippen molar-refractivity contribution in [2.75, 3.05) is 38.6 Å². The number of oxazole rings is 1. The minimum Gasteiger partial charge on any atom is -0.423 e. The molecule has 0 bridgehead atoms. The summed E-state index contributed by atoms with van der Waals surface area (Å²) < 4.78 is 19.4. The molecule has 1 aliphatic rings. The number of nitrogens with one attached hydrogen (secondary N) is 1. The maximum Gasteiger partial charge on any atom is 0.298 e. The summed E-state index contributed by atoms with van der Waals surface area (Å²) in [4.78, 5) is 21.4. The molecule has 2 aromatic carbocycles. The van der Waals surface area contributed by atoms with Crippen molar-refractivity contribution in [3.05, 3.63) is 59.9 Å². The van der Waals surface area contributed by atoms with Gasteiger partial charge >= 0.3 is 0 Å². The Hall–Kier alpha value is -2.93. The Balaban J connectivity index is 1.32. The van der Waals surface area contributed by atoms with Crippen molar-refractivity contribution in [2.45, 2.75) is 18.9 Å². The minimum absolute atomic E-state index is 0.0408. The van der Waals surface area contributed by atoms with E-state index in [-0.39, 0.29) is 23.7 Å². The van der Waals surface area contributed by atoms with Crippen molar-refractivity contribution >= 4 is 23.0 Å². The number of rotatable bonds is 6. The number of aromatic nitrogens is 1. The number of likely N-dealkylation sites (N-methyl/N-ethyl adjacent to an activating group) is 1. The third-order valence-electron chi connectivity index (χ3n) is 5.75. The quantitative estimate of drug-likeness (QED) is 0.673. The second kappa shape index (κ2) is 8.83. The van der Waals surface area contributed by atoms with Crippen LogP contribution in [0.5, 0.6) is 0 Å². The summed E-state index contributed by atoms with van der Waals surface area (Å²) in [5, 5.41) is 3.07. The van der Waals surface area contributed by atoms with Crippen molar-refractivity contribution in [1.29, 1.82) is 0 Å². The molecular weight excluding hydrogens is 383 g/mol. The van der Waals surface area contributed by atoms with Crippen LogP contribution in [-0.2, 0) is 4.79 Å². The van der Waals surface area contributed by atoms with Gasteiger partial charge in [-0.2, -0.15) is 4.98 Å². The summed E-state index contributed by atoms with van der Waals surface area (Å²) in [5.41, 5.74) is 2.48. The first-order valence-electron chi connectivity index (χ1n) is 10.3. The van der Waals surface area contributed by atoms with Gasteiger partial charge in [-0.1, -0.05) is 24.3 Å². The number of amides is 1. The molecule has 7 heteroatoms. The lowest BCUT2D eigenvalue weighted by atomic mass is 9.96. The molecule has 0 saturated carbocycles. The summed E-state index contributed by atoms with van der Waals surface area (Å²) in [5.74, 6) is -0.256. The van der Waals surface area contributed by atoms with Crippen LogP contribution in [0.4, 0.5) is 10.4 Å². The number of anilines is 1. The third kappa shape index (κ3) is 4.46. The second-order valence-electron chi connectivity index (χ2n) is 8.01. The molecule has 3 aromatic rings. The predicted octanol–water partition coefficient (Wildman–Crippen LogP) is 3.60. The number of fused-ring (bicyclic) bond motifs is 1. The summed E-state index contributed by atoms with van der Waals surface area (Å²) >= 11 is 0. The van der Waals surface area contributed by atoms with E-state index < -0.39 is 0 Å². The molecule has 1 fully saturated rings. The first kappa shape index (κ1) is 20.3. The van der Waals surface area contributed by atoms with Crippen LogP contribution in [0.3, 0.4) is 0 Å². The second-order valence-corrected chi connectivity index (χ2v) is 8.01. The third-order valence-corrected chi connectivity index (χ3v) is 5.75. The first-order valence-corrected chi connectivity index (χ1v) is 10.3. The van der Waals surface area contributed by atoms with Crippen molar-refractivity contribution in [3.63, 3.8) is 0 Å². The van der Waals surface area contributed by atoms with Gasteiger partial charge in [-0.15, -0.1) is 0 Å². The van der Waals surface area contributed by atoms with Crippen LogP contribution in [0.2, 0.25) is 0 Å². The monoisotopic (exact) mass is 410 g/mol. The van der Waals surface area contributed by atoms with E-state index >= 15 is 0 Å². The highest BCUT2D eigenvalue weighted by molar-refractivity contribution is 5.79. The van der Waals surface area contributed by atoms with E-state index in [9.17, 15) is 9.18 Å². The van der Waals surface area contributed by atoms with Gasteiger partial charge in [0.2, 0.25) is 5.91 Å².